The number of likely N-dealkylation sites (N-methyl/N-ethyl adjacent to an activating group) is 1. The second-order valence-electron chi connectivity index (χ2n) is 7.22. The third-order valence-corrected chi connectivity index (χ3v) is 5.31. The fourth-order valence-electron chi connectivity index (χ4n) is 3.38. The van der Waals surface area contributed by atoms with Crippen molar-refractivity contribution >= 4 is 11.6 Å². The fraction of sp³-hybridized carbons (Fsp3) is 0.250. The van der Waals surface area contributed by atoms with Crippen molar-refractivity contribution in [3.8, 4) is 0 Å². The van der Waals surface area contributed by atoms with Crippen LogP contribution in [0.5, 0.6) is 0 Å². The molecule has 1 heterocycles. The summed E-state index contributed by atoms with van der Waals surface area (Å²) >= 11 is 5.85. The maximum atomic E-state index is 13.9. The third kappa shape index (κ3) is 5.65. The molecule has 2 atom stereocenters. The van der Waals surface area contributed by atoms with Crippen LogP contribution in [0.1, 0.15) is 40.9 Å². The molecule has 2 N–H and O–H groups in total. The van der Waals surface area contributed by atoms with Crippen LogP contribution in [0.15, 0.2) is 73.2 Å². The molecule has 0 aliphatic heterocycles. The van der Waals surface area contributed by atoms with Gasteiger partial charge in [-0.15, -0.1) is 0 Å². The lowest BCUT2D eigenvalue weighted by atomic mass is 9.96. The molecule has 0 aliphatic carbocycles. The molecule has 0 bridgehead atoms. The molecular formula is C24H26ClFN4. The van der Waals surface area contributed by atoms with E-state index in [0.29, 0.717) is 17.1 Å². The van der Waals surface area contributed by atoms with E-state index in [4.69, 9.17) is 11.6 Å². The minimum Gasteiger partial charge on any atom is -0.390 e. The maximum absolute atomic E-state index is 13.9. The topological polar surface area (TPSA) is 49.8 Å². The van der Waals surface area contributed by atoms with Crippen LogP contribution in [0.25, 0.3) is 0 Å². The van der Waals surface area contributed by atoms with Crippen LogP contribution in [0.2, 0.25) is 5.15 Å². The highest BCUT2D eigenvalue weighted by molar-refractivity contribution is 6.29. The van der Waals surface area contributed by atoms with Gasteiger partial charge in [0.05, 0.1) is 24.1 Å². The van der Waals surface area contributed by atoms with Crippen molar-refractivity contribution in [3.05, 3.63) is 107 Å². The van der Waals surface area contributed by atoms with Gasteiger partial charge >= 0.3 is 0 Å². The van der Waals surface area contributed by atoms with Gasteiger partial charge in [0.25, 0.3) is 0 Å². The number of hydrogen-bond acceptors (Lipinski definition) is 4. The van der Waals surface area contributed by atoms with E-state index in [0.717, 1.165) is 28.9 Å². The molecule has 4 nitrogen and oxygen atoms in total. The van der Waals surface area contributed by atoms with Crippen molar-refractivity contribution in [2.24, 2.45) is 0 Å². The highest BCUT2D eigenvalue weighted by Crippen LogP contribution is 2.28. The fourth-order valence-corrected chi connectivity index (χ4v) is 3.48. The quantitative estimate of drug-likeness (QED) is 0.488. The first-order chi connectivity index (χ1) is 14.5. The van der Waals surface area contributed by atoms with E-state index in [1.54, 1.807) is 19.3 Å². The molecular weight excluding hydrogens is 399 g/mol. The summed E-state index contributed by atoms with van der Waals surface area (Å²) in [6.45, 7) is 5.97. The number of nitrogens with one attached hydrogen (secondary N) is 2. The Morgan fingerprint density at radius 2 is 1.87 bits per heavy atom. The van der Waals surface area contributed by atoms with Gasteiger partial charge in [-0.05, 0) is 42.5 Å². The van der Waals surface area contributed by atoms with Gasteiger partial charge in [-0.1, -0.05) is 60.6 Å². The highest BCUT2D eigenvalue weighted by Gasteiger charge is 2.21. The average Bonchev–Trinajstić information content (AvgIpc) is 2.77. The second kappa shape index (κ2) is 10.3. The highest BCUT2D eigenvalue weighted by atomic mass is 35.5. The van der Waals surface area contributed by atoms with Crippen molar-refractivity contribution in [1.82, 2.24) is 20.6 Å². The summed E-state index contributed by atoms with van der Waals surface area (Å²) in [6.07, 6.45) is 4.70. The van der Waals surface area contributed by atoms with E-state index in [1.807, 2.05) is 37.4 Å². The van der Waals surface area contributed by atoms with Gasteiger partial charge in [0.15, 0.2) is 0 Å². The van der Waals surface area contributed by atoms with Gasteiger partial charge in [-0.3, -0.25) is 10.3 Å². The molecule has 0 saturated carbocycles. The molecule has 6 heteroatoms. The molecule has 1 aromatic heterocycles. The first-order valence-corrected chi connectivity index (χ1v) is 10.3. The maximum Gasteiger partial charge on any atom is 0.147 e. The SMILES string of the molecule is C=C(NC)[C@@H](N[C@H](CCc1cnc(Cl)cn1)c1ccc(F)c(C)c1)c1ccccc1. The Morgan fingerprint density at radius 1 is 1.10 bits per heavy atom. The van der Waals surface area contributed by atoms with Crippen LogP contribution in [0.3, 0.4) is 0 Å². The molecule has 0 spiro atoms. The van der Waals surface area contributed by atoms with Crippen LogP contribution in [0, 0.1) is 12.7 Å². The number of benzene rings is 2. The van der Waals surface area contributed by atoms with E-state index in [2.05, 4.69) is 39.3 Å². The largest absolute Gasteiger partial charge is 0.390 e. The number of halogens is 2. The summed E-state index contributed by atoms with van der Waals surface area (Å²) in [5.41, 5.74) is 4.45. The van der Waals surface area contributed by atoms with Gasteiger partial charge in [-0.2, -0.15) is 0 Å². The van der Waals surface area contributed by atoms with E-state index in [1.165, 1.54) is 6.07 Å². The predicted octanol–water partition coefficient (Wildman–Crippen LogP) is 5.32. The van der Waals surface area contributed by atoms with Gasteiger partial charge in [0.2, 0.25) is 0 Å². The lowest BCUT2D eigenvalue weighted by Crippen LogP contribution is -2.31. The standard InChI is InChI=1S/C24H26ClFN4/c1-16-13-19(9-11-21(16)26)22(12-10-20-14-29-23(25)15-28-20)30-24(17(2)27-3)18-7-5-4-6-8-18/h4-9,11,13-15,22,24,27,30H,2,10,12H2,1,3H3/t22-,24-/m1/s1. The Labute approximate surface area is 182 Å². The molecule has 3 aromatic rings. The van der Waals surface area contributed by atoms with E-state index < -0.39 is 0 Å². The summed E-state index contributed by atoms with van der Waals surface area (Å²) < 4.78 is 13.9. The van der Waals surface area contributed by atoms with Crippen molar-refractivity contribution < 1.29 is 4.39 Å². The van der Waals surface area contributed by atoms with Gasteiger partial charge in [0.1, 0.15) is 11.0 Å². The molecule has 2 aromatic carbocycles. The number of rotatable bonds is 9. The Kier molecular flexibility index (Phi) is 7.55. The Balaban J connectivity index is 1.89. The Bertz CT molecular complexity index is 976. The van der Waals surface area contributed by atoms with Gasteiger partial charge in [-0.25, -0.2) is 9.37 Å². The van der Waals surface area contributed by atoms with Crippen LogP contribution in [-0.2, 0) is 6.42 Å². The minimum absolute atomic E-state index is 0.0444. The van der Waals surface area contributed by atoms with Crippen molar-refractivity contribution in [2.45, 2.75) is 31.8 Å². The van der Waals surface area contributed by atoms with Crippen LogP contribution in [-0.4, -0.2) is 17.0 Å². The number of hydrogen-bond donors (Lipinski definition) is 2. The Hall–Kier alpha value is -2.76. The molecule has 0 amide bonds. The van der Waals surface area contributed by atoms with E-state index in [-0.39, 0.29) is 17.9 Å². The average molecular weight is 425 g/mol. The molecule has 30 heavy (non-hydrogen) atoms. The molecule has 0 saturated heterocycles. The number of nitrogens with zero attached hydrogens (tertiary/aromatic N) is 2. The van der Waals surface area contributed by atoms with Gasteiger partial charge in [0, 0.05) is 18.8 Å². The predicted molar refractivity (Wildman–Crippen MR) is 120 cm³/mol. The zero-order chi connectivity index (χ0) is 21.5. The normalized spacial score (nSPS) is 12.9. The van der Waals surface area contributed by atoms with Crippen LogP contribution in [0.4, 0.5) is 4.39 Å². The first-order valence-electron chi connectivity index (χ1n) is 9.88. The van der Waals surface area contributed by atoms with E-state index >= 15 is 0 Å². The monoisotopic (exact) mass is 424 g/mol. The molecule has 0 radical (unpaired) electrons. The second-order valence-corrected chi connectivity index (χ2v) is 7.60. The lowest BCUT2D eigenvalue weighted by Gasteiger charge is -2.28. The lowest BCUT2D eigenvalue weighted by molar-refractivity contribution is 0.443. The first kappa shape index (κ1) is 21.9. The van der Waals surface area contributed by atoms with Crippen molar-refractivity contribution in [2.75, 3.05) is 7.05 Å². The number of aromatic nitrogens is 2. The zero-order valence-electron chi connectivity index (χ0n) is 17.2. The summed E-state index contributed by atoms with van der Waals surface area (Å²) in [4.78, 5) is 8.47. The summed E-state index contributed by atoms with van der Waals surface area (Å²) in [5, 5.41) is 7.25. The molecule has 0 aliphatic rings. The Morgan fingerprint density at radius 3 is 2.50 bits per heavy atom. The summed E-state index contributed by atoms with van der Waals surface area (Å²) in [6, 6.07) is 15.2. The third-order valence-electron chi connectivity index (χ3n) is 5.12. The number of aryl methyl sites for hydroxylation is 2. The zero-order valence-corrected chi connectivity index (χ0v) is 18.0. The van der Waals surface area contributed by atoms with Crippen LogP contribution < -0.4 is 10.6 Å². The van der Waals surface area contributed by atoms with Crippen molar-refractivity contribution in [1.29, 1.82) is 0 Å². The van der Waals surface area contributed by atoms with E-state index in [9.17, 15) is 4.39 Å². The van der Waals surface area contributed by atoms with Gasteiger partial charge < -0.3 is 5.32 Å². The van der Waals surface area contributed by atoms with Crippen LogP contribution >= 0.6 is 11.6 Å². The molecule has 3 rings (SSSR count). The molecule has 0 unspecified atom stereocenters. The molecule has 0 fully saturated rings. The smallest absolute Gasteiger partial charge is 0.147 e. The summed E-state index contributed by atoms with van der Waals surface area (Å²) in [7, 11) is 1.86. The molecule has 156 valence electrons. The minimum atomic E-state index is -0.208. The van der Waals surface area contributed by atoms with Crippen molar-refractivity contribution in [3.63, 3.8) is 0 Å². The summed E-state index contributed by atoms with van der Waals surface area (Å²) in [5.74, 6) is -0.208.